The molecule has 2 aliphatic rings. The van der Waals surface area contributed by atoms with Gasteiger partial charge in [0.15, 0.2) is 5.78 Å². The predicted octanol–water partition coefficient (Wildman–Crippen LogP) is 1.56. The highest BCUT2D eigenvalue weighted by molar-refractivity contribution is 5.95. The highest BCUT2D eigenvalue weighted by Crippen LogP contribution is 2.28. The molecule has 0 aromatic carbocycles. The van der Waals surface area contributed by atoms with Crippen LogP contribution in [0.4, 0.5) is 0 Å². The first-order chi connectivity index (χ1) is 6.18. The third-order valence-corrected chi connectivity index (χ3v) is 2.57. The molecule has 0 bridgehead atoms. The van der Waals surface area contributed by atoms with Crippen LogP contribution in [0.1, 0.15) is 13.8 Å². The molecule has 0 aromatic rings. The van der Waals surface area contributed by atoms with Gasteiger partial charge in [-0.05, 0) is 13.8 Å². The summed E-state index contributed by atoms with van der Waals surface area (Å²) in [4.78, 5) is 11.3. The van der Waals surface area contributed by atoms with Crippen LogP contribution in [0.5, 0.6) is 0 Å². The molecule has 2 rings (SSSR count). The first-order valence-electron chi connectivity index (χ1n) is 4.53. The van der Waals surface area contributed by atoms with Gasteiger partial charge in [0.05, 0.1) is 6.04 Å². The number of rotatable bonds is 1. The lowest BCUT2D eigenvalue weighted by atomic mass is 9.87. The number of fused-ring (bicyclic) bond motifs is 1. The van der Waals surface area contributed by atoms with Crippen molar-refractivity contribution < 1.29 is 4.79 Å². The fraction of sp³-hybridized carbons (Fsp3) is 0.364. The van der Waals surface area contributed by atoms with Crippen molar-refractivity contribution in [2.75, 3.05) is 0 Å². The Hall–Kier alpha value is -1.31. The monoisotopic (exact) mass is 175 g/mol. The quantitative estimate of drug-likeness (QED) is 0.655. The van der Waals surface area contributed by atoms with E-state index in [1.165, 1.54) is 0 Å². The second-order valence-electron chi connectivity index (χ2n) is 3.61. The van der Waals surface area contributed by atoms with Crippen molar-refractivity contribution >= 4 is 5.78 Å². The number of hydrogen-bond donors (Lipinski definition) is 1. The van der Waals surface area contributed by atoms with E-state index in [1.54, 1.807) is 6.92 Å². The van der Waals surface area contributed by atoms with Crippen LogP contribution in [0, 0.1) is 5.92 Å². The summed E-state index contributed by atoms with van der Waals surface area (Å²) in [7, 11) is 0. The van der Waals surface area contributed by atoms with E-state index in [4.69, 9.17) is 0 Å². The van der Waals surface area contributed by atoms with E-state index in [2.05, 4.69) is 17.5 Å². The second kappa shape index (κ2) is 2.87. The molecule has 0 amide bonds. The molecule has 0 radical (unpaired) electrons. The lowest BCUT2D eigenvalue weighted by molar-refractivity contribution is -0.114. The van der Waals surface area contributed by atoms with Gasteiger partial charge in [-0.3, -0.25) is 4.79 Å². The molecular formula is C11H13NO. The van der Waals surface area contributed by atoms with Gasteiger partial charge in [-0.25, -0.2) is 0 Å². The summed E-state index contributed by atoms with van der Waals surface area (Å²) in [5.41, 5.74) is 2.07. The van der Waals surface area contributed by atoms with E-state index in [0.717, 1.165) is 11.3 Å². The summed E-state index contributed by atoms with van der Waals surface area (Å²) >= 11 is 0. The second-order valence-corrected chi connectivity index (χ2v) is 3.61. The molecule has 2 heteroatoms. The van der Waals surface area contributed by atoms with Crippen LogP contribution in [0.15, 0.2) is 35.6 Å². The Morgan fingerprint density at radius 3 is 3.00 bits per heavy atom. The van der Waals surface area contributed by atoms with Gasteiger partial charge in [0.25, 0.3) is 0 Å². The third-order valence-electron chi connectivity index (χ3n) is 2.57. The number of carbonyl (C=O) groups excluding carboxylic acids is 1. The number of nitrogens with one attached hydrogen (secondary N) is 1. The molecule has 0 saturated heterocycles. The summed E-state index contributed by atoms with van der Waals surface area (Å²) in [5, 5.41) is 3.32. The maximum absolute atomic E-state index is 11.3. The van der Waals surface area contributed by atoms with Gasteiger partial charge in [0.2, 0.25) is 0 Å². The Labute approximate surface area is 78.0 Å². The van der Waals surface area contributed by atoms with Crippen molar-refractivity contribution in [3.63, 3.8) is 0 Å². The molecule has 2 nitrogen and oxygen atoms in total. The highest BCUT2D eigenvalue weighted by atomic mass is 16.1. The maximum atomic E-state index is 11.3. The highest BCUT2D eigenvalue weighted by Gasteiger charge is 2.29. The third kappa shape index (κ3) is 1.32. The molecular weight excluding hydrogens is 162 g/mol. The van der Waals surface area contributed by atoms with E-state index < -0.39 is 0 Å². The van der Waals surface area contributed by atoms with E-state index in [0.29, 0.717) is 6.04 Å². The first kappa shape index (κ1) is 8.30. The summed E-state index contributed by atoms with van der Waals surface area (Å²) in [6, 6.07) is 0.295. The smallest absolute Gasteiger partial charge is 0.156 e. The van der Waals surface area contributed by atoms with Gasteiger partial charge in [0.1, 0.15) is 0 Å². The Kier molecular flexibility index (Phi) is 1.83. The standard InChI is InChI=1S/C11H13NO/c1-7-6-10-9(8(2)13)4-3-5-11(10)12-7/h3-6,10-12H,1-2H3. The van der Waals surface area contributed by atoms with E-state index in [-0.39, 0.29) is 11.7 Å². The number of carbonyl (C=O) groups is 1. The van der Waals surface area contributed by atoms with Crippen LogP contribution in [0.3, 0.4) is 0 Å². The molecule has 13 heavy (non-hydrogen) atoms. The molecule has 0 fully saturated rings. The SMILES string of the molecule is CC(=O)C1=CC=CC2NC(C)=CC12. The molecule has 0 saturated carbocycles. The molecule has 2 unspecified atom stereocenters. The summed E-state index contributed by atoms with van der Waals surface area (Å²) < 4.78 is 0. The largest absolute Gasteiger partial charge is 0.382 e. The topological polar surface area (TPSA) is 29.1 Å². The number of ketones is 1. The van der Waals surface area contributed by atoms with Gasteiger partial charge in [0, 0.05) is 17.2 Å². The normalized spacial score (nSPS) is 30.3. The van der Waals surface area contributed by atoms with E-state index in [9.17, 15) is 4.79 Å². The average molecular weight is 175 g/mol. The van der Waals surface area contributed by atoms with Gasteiger partial charge in [-0.1, -0.05) is 24.3 Å². The van der Waals surface area contributed by atoms with Gasteiger partial charge in [-0.15, -0.1) is 0 Å². The summed E-state index contributed by atoms with van der Waals surface area (Å²) in [5.74, 6) is 0.426. The fourth-order valence-electron chi connectivity index (χ4n) is 1.97. The first-order valence-corrected chi connectivity index (χ1v) is 4.53. The van der Waals surface area contributed by atoms with Crippen LogP contribution in [-0.4, -0.2) is 11.8 Å². The molecule has 1 aliphatic heterocycles. The molecule has 1 heterocycles. The Balaban J connectivity index is 2.33. The number of allylic oxidation sites excluding steroid dienone is 3. The zero-order valence-electron chi connectivity index (χ0n) is 7.87. The zero-order chi connectivity index (χ0) is 9.42. The average Bonchev–Trinajstić information content (AvgIpc) is 2.43. The minimum atomic E-state index is 0.173. The molecule has 1 N–H and O–H groups in total. The van der Waals surface area contributed by atoms with Crippen molar-refractivity contribution in [1.82, 2.24) is 5.32 Å². The minimum Gasteiger partial charge on any atom is -0.382 e. The van der Waals surface area contributed by atoms with E-state index in [1.807, 2.05) is 19.1 Å². The van der Waals surface area contributed by atoms with Crippen LogP contribution in [0.2, 0.25) is 0 Å². The Morgan fingerprint density at radius 2 is 2.31 bits per heavy atom. The number of hydrogen-bond acceptors (Lipinski definition) is 2. The minimum absolute atomic E-state index is 0.173. The van der Waals surface area contributed by atoms with E-state index >= 15 is 0 Å². The fourth-order valence-corrected chi connectivity index (χ4v) is 1.97. The van der Waals surface area contributed by atoms with Gasteiger partial charge >= 0.3 is 0 Å². The summed E-state index contributed by atoms with van der Waals surface area (Å²) in [6.07, 6.45) is 8.10. The molecule has 0 spiro atoms. The van der Waals surface area contributed by atoms with Crippen LogP contribution < -0.4 is 5.32 Å². The van der Waals surface area contributed by atoms with Gasteiger partial charge < -0.3 is 5.32 Å². The van der Waals surface area contributed by atoms with Gasteiger partial charge in [-0.2, -0.15) is 0 Å². The van der Waals surface area contributed by atoms with Crippen molar-refractivity contribution in [2.24, 2.45) is 5.92 Å². The van der Waals surface area contributed by atoms with Crippen LogP contribution in [0.25, 0.3) is 0 Å². The van der Waals surface area contributed by atoms with Crippen LogP contribution in [-0.2, 0) is 4.79 Å². The van der Waals surface area contributed by atoms with Crippen molar-refractivity contribution in [1.29, 1.82) is 0 Å². The number of Topliss-reactive ketones (excluding diaryl/α,β-unsaturated/α-hetero) is 1. The maximum Gasteiger partial charge on any atom is 0.156 e. The van der Waals surface area contributed by atoms with Crippen LogP contribution >= 0.6 is 0 Å². The van der Waals surface area contributed by atoms with Crippen molar-refractivity contribution in [3.8, 4) is 0 Å². The lowest BCUT2D eigenvalue weighted by Gasteiger charge is -2.20. The Bertz CT molecular complexity index is 336. The molecule has 0 aromatic heterocycles. The molecule has 68 valence electrons. The molecule has 2 atom stereocenters. The Morgan fingerprint density at radius 1 is 1.54 bits per heavy atom. The summed E-state index contributed by atoms with van der Waals surface area (Å²) in [6.45, 7) is 3.66. The van der Waals surface area contributed by atoms with Crippen molar-refractivity contribution in [3.05, 3.63) is 35.6 Å². The lowest BCUT2D eigenvalue weighted by Crippen LogP contribution is -2.30. The predicted molar refractivity (Wildman–Crippen MR) is 52.1 cm³/mol. The molecule has 1 aliphatic carbocycles. The van der Waals surface area contributed by atoms with Crippen molar-refractivity contribution in [2.45, 2.75) is 19.9 Å². The zero-order valence-corrected chi connectivity index (χ0v) is 7.87.